The molecule has 6 nitrogen and oxygen atoms in total. The Morgan fingerprint density at radius 2 is 0.609 bits per heavy atom. The number of hydrogen-bond donors (Lipinski definition) is 0. The second kappa shape index (κ2) is 52.7. The molecular weight excluding hydrogens is 793 g/mol. The molecule has 0 saturated carbocycles. The minimum Gasteiger partial charge on any atom is -0.462 e. The normalized spacial score (nSPS) is 12.5. The van der Waals surface area contributed by atoms with Crippen LogP contribution in [0.15, 0.2) is 60.8 Å². The topological polar surface area (TPSA) is 78.9 Å². The Kier molecular flexibility index (Phi) is 50.4. The predicted octanol–water partition coefficient (Wildman–Crippen LogP) is 18.0. The highest BCUT2D eigenvalue weighted by molar-refractivity contribution is 5.71. The molecule has 0 aliphatic heterocycles. The van der Waals surface area contributed by atoms with E-state index in [4.69, 9.17) is 14.2 Å². The van der Waals surface area contributed by atoms with Gasteiger partial charge in [0.05, 0.1) is 0 Å². The Bertz CT molecular complexity index is 1170. The molecule has 0 aliphatic carbocycles. The van der Waals surface area contributed by atoms with E-state index in [9.17, 15) is 14.4 Å². The molecule has 0 heterocycles. The summed E-state index contributed by atoms with van der Waals surface area (Å²) < 4.78 is 16.8. The van der Waals surface area contributed by atoms with Crippen LogP contribution in [0.2, 0.25) is 0 Å². The Hall–Kier alpha value is -2.89. The van der Waals surface area contributed by atoms with Crippen LogP contribution in [0, 0.1) is 0 Å². The summed E-state index contributed by atoms with van der Waals surface area (Å²) in [6, 6.07) is 0. The number of ether oxygens (including phenoxy) is 3. The molecule has 1 unspecified atom stereocenters. The van der Waals surface area contributed by atoms with E-state index in [0.717, 1.165) is 83.5 Å². The molecule has 0 aromatic carbocycles. The van der Waals surface area contributed by atoms with Gasteiger partial charge in [-0.15, -0.1) is 0 Å². The summed E-state index contributed by atoms with van der Waals surface area (Å²) in [6.45, 7) is 6.50. The summed E-state index contributed by atoms with van der Waals surface area (Å²) in [5.41, 5.74) is 0. The number of allylic oxidation sites excluding steroid dienone is 10. The highest BCUT2D eigenvalue weighted by atomic mass is 16.6. The van der Waals surface area contributed by atoms with Crippen molar-refractivity contribution in [1.29, 1.82) is 0 Å². The highest BCUT2D eigenvalue weighted by Crippen LogP contribution is 2.15. The van der Waals surface area contributed by atoms with Gasteiger partial charge in [-0.1, -0.05) is 229 Å². The number of unbranched alkanes of at least 4 members (excludes halogenated alkanes) is 28. The third-order valence-electron chi connectivity index (χ3n) is 11.8. The first-order valence-corrected chi connectivity index (χ1v) is 27.3. The lowest BCUT2D eigenvalue weighted by molar-refractivity contribution is -0.167. The van der Waals surface area contributed by atoms with E-state index >= 15 is 0 Å². The second-order valence-corrected chi connectivity index (χ2v) is 18.1. The van der Waals surface area contributed by atoms with E-state index in [-0.39, 0.29) is 37.5 Å². The van der Waals surface area contributed by atoms with Crippen LogP contribution in [0.4, 0.5) is 0 Å². The van der Waals surface area contributed by atoms with Crippen molar-refractivity contribution >= 4 is 17.9 Å². The molecule has 6 heteroatoms. The smallest absolute Gasteiger partial charge is 0.306 e. The van der Waals surface area contributed by atoms with E-state index in [2.05, 4.69) is 81.5 Å². The van der Waals surface area contributed by atoms with E-state index in [1.165, 1.54) is 141 Å². The maximum absolute atomic E-state index is 12.8. The van der Waals surface area contributed by atoms with Crippen LogP contribution < -0.4 is 0 Å². The fourth-order valence-corrected chi connectivity index (χ4v) is 7.66. The summed E-state index contributed by atoms with van der Waals surface area (Å²) in [5.74, 6) is -0.933. The maximum Gasteiger partial charge on any atom is 0.306 e. The third kappa shape index (κ3) is 50.1. The number of esters is 3. The molecule has 0 fully saturated rings. The first kappa shape index (κ1) is 61.1. The third-order valence-corrected chi connectivity index (χ3v) is 11.8. The van der Waals surface area contributed by atoms with Gasteiger partial charge in [-0.05, 0) is 83.5 Å². The number of hydrogen-bond acceptors (Lipinski definition) is 6. The van der Waals surface area contributed by atoms with Crippen LogP contribution in [0.5, 0.6) is 0 Å². The lowest BCUT2D eigenvalue weighted by atomic mass is 10.0. The highest BCUT2D eigenvalue weighted by Gasteiger charge is 2.19. The molecule has 0 saturated heterocycles. The molecule has 370 valence electrons. The van der Waals surface area contributed by atoms with Gasteiger partial charge >= 0.3 is 17.9 Å². The lowest BCUT2D eigenvalue weighted by Crippen LogP contribution is -2.30. The molecule has 0 aromatic rings. The molecular formula is C58H102O6. The van der Waals surface area contributed by atoms with Gasteiger partial charge in [0.2, 0.25) is 0 Å². The molecule has 0 N–H and O–H groups in total. The molecule has 0 amide bonds. The van der Waals surface area contributed by atoms with Crippen LogP contribution >= 0.6 is 0 Å². The van der Waals surface area contributed by atoms with E-state index in [1.807, 2.05) is 0 Å². The van der Waals surface area contributed by atoms with Crippen LogP contribution in [0.1, 0.15) is 271 Å². The van der Waals surface area contributed by atoms with Crippen molar-refractivity contribution in [2.24, 2.45) is 0 Å². The van der Waals surface area contributed by atoms with Gasteiger partial charge < -0.3 is 14.2 Å². The average Bonchev–Trinajstić information content (AvgIpc) is 3.29. The number of carbonyl (C=O) groups excluding carboxylic acids is 3. The first-order chi connectivity index (χ1) is 31.5. The van der Waals surface area contributed by atoms with Gasteiger partial charge in [-0.25, -0.2) is 0 Å². The van der Waals surface area contributed by atoms with E-state index in [1.54, 1.807) is 0 Å². The summed E-state index contributed by atoms with van der Waals surface area (Å²) in [4.78, 5) is 38.0. The Balaban J connectivity index is 4.43. The van der Waals surface area contributed by atoms with Gasteiger partial charge in [0.25, 0.3) is 0 Å². The zero-order chi connectivity index (χ0) is 46.5. The maximum atomic E-state index is 12.8. The van der Waals surface area contributed by atoms with Crippen molar-refractivity contribution in [2.45, 2.75) is 277 Å². The van der Waals surface area contributed by atoms with Gasteiger partial charge in [-0.2, -0.15) is 0 Å². The zero-order valence-electron chi connectivity index (χ0n) is 42.3. The summed E-state index contributed by atoms with van der Waals surface area (Å²) in [6.07, 6.45) is 64.9. The Labute approximate surface area is 396 Å². The van der Waals surface area contributed by atoms with Crippen LogP contribution in [-0.2, 0) is 28.6 Å². The number of rotatable bonds is 49. The van der Waals surface area contributed by atoms with Crippen molar-refractivity contribution < 1.29 is 28.6 Å². The fourth-order valence-electron chi connectivity index (χ4n) is 7.66. The van der Waals surface area contributed by atoms with Crippen molar-refractivity contribution in [3.63, 3.8) is 0 Å². The molecule has 0 aliphatic rings. The lowest BCUT2D eigenvalue weighted by Gasteiger charge is -2.18. The van der Waals surface area contributed by atoms with Crippen molar-refractivity contribution in [3.8, 4) is 0 Å². The van der Waals surface area contributed by atoms with Crippen LogP contribution in [0.25, 0.3) is 0 Å². The van der Waals surface area contributed by atoms with Gasteiger partial charge in [0.15, 0.2) is 6.10 Å². The zero-order valence-corrected chi connectivity index (χ0v) is 42.3. The second-order valence-electron chi connectivity index (χ2n) is 18.1. The predicted molar refractivity (Wildman–Crippen MR) is 275 cm³/mol. The summed E-state index contributed by atoms with van der Waals surface area (Å²) in [5, 5.41) is 0. The van der Waals surface area contributed by atoms with Crippen LogP contribution in [0.3, 0.4) is 0 Å². The summed E-state index contributed by atoms with van der Waals surface area (Å²) >= 11 is 0. The van der Waals surface area contributed by atoms with Gasteiger partial charge in [0, 0.05) is 19.3 Å². The Morgan fingerprint density at radius 1 is 0.328 bits per heavy atom. The number of carbonyl (C=O) groups is 3. The van der Waals surface area contributed by atoms with E-state index < -0.39 is 6.10 Å². The average molecular weight is 895 g/mol. The van der Waals surface area contributed by atoms with Crippen molar-refractivity contribution in [2.75, 3.05) is 13.2 Å². The summed E-state index contributed by atoms with van der Waals surface area (Å²) in [7, 11) is 0. The minimum atomic E-state index is -0.797. The SMILES string of the molecule is CC/C=C\C/C=C\C/C=C\C/C=C\CCCCC(=O)OC(COC(=O)CCCCCCC/C=C\CCCCCCCCC)COC(=O)CCCCCCCCCCCCCCCCC. The molecule has 64 heavy (non-hydrogen) atoms. The molecule has 0 bridgehead atoms. The first-order valence-electron chi connectivity index (χ1n) is 27.3. The van der Waals surface area contributed by atoms with Gasteiger partial charge in [-0.3, -0.25) is 14.4 Å². The largest absolute Gasteiger partial charge is 0.462 e. The fraction of sp³-hybridized carbons (Fsp3) is 0.776. The minimum absolute atomic E-state index is 0.0912. The van der Waals surface area contributed by atoms with E-state index in [0.29, 0.717) is 19.3 Å². The molecule has 0 aromatic heterocycles. The van der Waals surface area contributed by atoms with Crippen LogP contribution in [-0.4, -0.2) is 37.2 Å². The van der Waals surface area contributed by atoms with Crippen molar-refractivity contribution in [1.82, 2.24) is 0 Å². The van der Waals surface area contributed by atoms with Gasteiger partial charge in [0.1, 0.15) is 13.2 Å². The quantitative estimate of drug-likeness (QED) is 0.0262. The van der Waals surface area contributed by atoms with Crippen molar-refractivity contribution in [3.05, 3.63) is 60.8 Å². The monoisotopic (exact) mass is 895 g/mol. The molecule has 0 radical (unpaired) electrons. The molecule has 1 atom stereocenters. The molecule has 0 spiro atoms. The standard InChI is InChI=1S/C58H102O6/c1-4-7-10-13-16-19-22-25-28-31-33-36-39-42-45-48-51-57(60)63-54-55(64-58(61)52-49-46-43-40-37-34-30-27-24-21-18-15-12-9-6-3)53-62-56(59)50-47-44-41-38-35-32-29-26-23-20-17-14-11-8-5-2/h9,12,18,21,27-28,30-31,37,40,55H,4-8,10-11,13-17,19-20,22-26,29,32-36,38-39,41-54H2,1-3H3/b12-9-,21-18-,30-27-,31-28-,40-37-. The molecule has 0 rings (SSSR count). The Morgan fingerprint density at radius 3 is 1.00 bits per heavy atom.